The molecule has 2 nitrogen and oxygen atoms in total. The van der Waals surface area contributed by atoms with Gasteiger partial charge in [-0.25, -0.2) is 0 Å². The molecular formula is C14H10Br2O2. The highest BCUT2D eigenvalue weighted by atomic mass is 79.9. The number of benzene rings is 2. The average Bonchev–Trinajstić information content (AvgIpc) is 2.39. The van der Waals surface area contributed by atoms with Crippen LogP contribution in [0.4, 0.5) is 0 Å². The highest BCUT2D eigenvalue weighted by molar-refractivity contribution is 9.10. The lowest BCUT2D eigenvalue weighted by Crippen LogP contribution is -2.12. The normalized spacial score (nSPS) is 12.2. The quantitative estimate of drug-likeness (QED) is 0.826. The minimum absolute atomic E-state index is 0.301. The molecule has 0 radical (unpaired) electrons. The maximum Gasteiger partial charge on any atom is 0.195 e. The number of halogens is 2. The molecule has 0 aliphatic rings. The molecule has 0 heterocycles. The van der Waals surface area contributed by atoms with Crippen LogP contribution in [-0.4, -0.2) is 10.9 Å². The number of Topliss-reactive ketones (excluding diaryl/α,β-unsaturated/α-hetero) is 1. The Morgan fingerprint density at radius 2 is 1.33 bits per heavy atom. The highest BCUT2D eigenvalue weighted by Crippen LogP contribution is 2.21. The van der Waals surface area contributed by atoms with Crippen LogP contribution >= 0.6 is 31.9 Å². The zero-order valence-corrected chi connectivity index (χ0v) is 12.5. The Bertz CT molecular complexity index is 547. The lowest BCUT2D eigenvalue weighted by Gasteiger charge is -2.10. The van der Waals surface area contributed by atoms with Gasteiger partial charge in [-0.2, -0.15) is 0 Å². The van der Waals surface area contributed by atoms with Crippen LogP contribution in [-0.2, 0) is 0 Å². The molecule has 1 atom stereocenters. The van der Waals surface area contributed by atoms with Crippen molar-refractivity contribution in [2.24, 2.45) is 0 Å². The van der Waals surface area contributed by atoms with Crippen LogP contribution in [0.1, 0.15) is 22.0 Å². The van der Waals surface area contributed by atoms with E-state index >= 15 is 0 Å². The van der Waals surface area contributed by atoms with Crippen LogP contribution in [0.15, 0.2) is 57.5 Å². The summed E-state index contributed by atoms with van der Waals surface area (Å²) < 4.78 is 1.81. The predicted molar refractivity (Wildman–Crippen MR) is 77.6 cm³/mol. The van der Waals surface area contributed by atoms with E-state index in [-0.39, 0.29) is 5.78 Å². The van der Waals surface area contributed by atoms with Gasteiger partial charge < -0.3 is 5.11 Å². The zero-order chi connectivity index (χ0) is 13.1. The summed E-state index contributed by atoms with van der Waals surface area (Å²) in [7, 11) is 0. The number of aliphatic hydroxyl groups excluding tert-OH is 1. The fourth-order valence-corrected chi connectivity index (χ4v) is 2.10. The Labute approximate surface area is 122 Å². The van der Waals surface area contributed by atoms with Crippen molar-refractivity contribution < 1.29 is 9.90 Å². The molecule has 0 aromatic heterocycles. The number of hydrogen-bond donors (Lipinski definition) is 1. The maximum absolute atomic E-state index is 12.1. The van der Waals surface area contributed by atoms with Gasteiger partial charge in [0.1, 0.15) is 6.10 Å². The van der Waals surface area contributed by atoms with Crippen LogP contribution in [0.5, 0.6) is 0 Å². The molecule has 0 aliphatic heterocycles. The van der Waals surface area contributed by atoms with Gasteiger partial charge in [0.15, 0.2) is 5.78 Å². The summed E-state index contributed by atoms with van der Waals surface area (Å²) in [5.74, 6) is -0.301. The third kappa shape index (κ3) is 3.07. The molecule has 2 aromatic carbocycles. The Morgan fingerprint density at radius 3 is 1.83 bits per heavy atom. The summed E-state index contributed by atoms with van der Waals surface area (Å²) in [6.45, 7) is 0. The minimum atomic E-state index is -1.13. The number of aliphatic hydroxyl groups is 1. The molecule has 1 N–H and O–H groups in total. The second-order valence-corrected chi connectivity index (χ2v) is 5.66. The molecule has 92 valence electrons. The molecule has 0 spiro atoms. The van der Waals surface area contributed by atoms with E-state index in [4.69, 9.17) is 0 Å². The van der Waals surface area contributed by atoms with E-state index < -0.39 is 6.10 Å². The molecule has 0 aliphatic carbocycles. The smallest absolute Gasteiger partial charge is 0.195 e. The summed E-state index contributed by atoms with van der Waals surface area (Å²) in [5.41, 5.74) is 1.08. The number of carbonyl (C=O) groups excluding carboxylic acids is 1. The molecule has 0 amide bonds. The van der Waals surface area contributed by atoms with E-state index in [1.807, 2.05) is 0 Å². The van der Waals surface area contributed by atoms with Gasteiger partial charge in [-0.15, -0.1) is 0 Å². The molecular weight excluding hydrogens is 360 g/mol. The van der Waals surface area contributed by atoms with E-state index in [1.165, 1.54) is 0 Å². The summed E-state index contributed by atoms with van der Waals surface area (Å²) in [4.78, 5) is 12.1. The van der Waals surface area contributed by atoms with Crippen molar-refractivity contribution in [1.29, 1.82) is 0 Å². The van der Waals surface area contributed by atoms with Crippen LogP contribution in [0.3, 0.4) is 0 Å². The van der Waals surface area contributed by atoms with Crippen molar-refractivity contribution in [3.63, 3.8) is 0 Å². The second kappa shape index (κ2) is 5.78. The average molecular weight is 370 g/mol. The first kappa shape index (κ1) is 13.5. The van der Waals surface area contributed by atoms with E-state index in [1.54, 1.807) is 48.5 Å². The van der Waals surface area contributed by atoms with Gasteiger partial charge in [-0.1, -0.05) is 56.1 Å². The van der Waals surface area contributed by atoms with Crippen LogP contribution in [0.25, 0.3) is 0 Å². The number of rotatable bonds is 3. The monoisotopic (exact) mass is 368 g/mol. The number of ketones is 1. The molecule has 18 heavy (non-hydrogen) atoms. The molecule has 0 bridgehead atoms. The molecule has 1 unspecified atom stereocenters. The predicted octanol–water partition coefficient (Wildman–Crippen LogP) is 4.13. The standard InChI is InChI=1S/C14H10Br2O2/c15-11-5-1-9(2-6-11)13(17)14(18)10-3-7-12(16)8-4-10/h1-8,13,17H. The van der Waals surface area contributed by atoms with Gasteiger partial charge in [0, 0.05) is 14.5 Å². The van der Waals surface area contributed by atoms with Gasteiger partial charge in [-0.3, -0.25) is 4.79 Å². The van der Waals surface area contributed by atoms with Gasteiger partial charge in [-0.05, 0) is 29.8 Å². The van der Waals surface area contributed by atoms with Gasteiger partial charge in [0.25, 0.3) is 0 Å². The van der Waals surface area contributed by atoms with E-state index in [9.17, 15) is 9.90 Å². The third-order valence-electron chi connectivity index (χ3n) is 2.56. The molecule has 0 saturated heterocycles. The first-order valence-electron chi connectivity index (χ1n) is 5.31. The largest absolute Gasteiger partial charge is 0.380 e. The SMILES string of the molecule is O=C(c1ccc(Br)cc1)C(O)c1ccc(Br)cc1. The fourth-order valence-electron chi connectivity index (χ4n) is 1.57. The van der Waals surface area contributed by atoms with Crippen LogP contribution in [0, 0.1) is 0 Å². The van der Waals surface area contributed by atoms with Crippen molar-refractivity contribution in [3.8, 4) is 0 Å². The highest BCUT2D eigenvalue weighted by Gasteiger charge is 2.18. The summed E-state index contributed by atoms with van der Waals surface area (Å²) >= 11 is 6.62. The summed E-state index contributed by atoms with van der Waals surface area (Å²) in [6.07, 6.45) is -1.13. The molecule has 4 heteroatoms. The molecule has 2 aromatic rings. The first-order chi connectivity index (χ1) is 8.58. The molecule has 0 fully saturated rings. The summed E-state index contributed by atoms with van der Waals surface area (Å²) in [5, 5.41) is 10.0. The van der Waals surface area contributed by atoms with Crippen LogP contribution in [0.2, 0.25) is 0 Å². The van der Waals surface area contributed by atoms with Crippen molar-refractivity contribution in [3.05, 3.63) is 68.6 Å². The molecule has 0 saturated carbocycles. The Hall–Kier alpha value is -0.970. The topological polar surface area (TPSA) is 37.3 Å². The minimum Gasteiger partial charge on any atom is -0.380 e. The van der Waals surface area contributed by atoms with Crippen molar-refractivity contribution in [1.82, 2.24) is 0 Å². The van der Waals surface area contributed by atoms with Gasteiger partial charge in [0.2, 0.25) is 0 Å². The van der Waals surface area contributed by atoms with Gasteiger partial charge >= 0.3 is 0 Å². The van der Waals surface area contributed by atoms with Crippen molar-refractivity contribution in [2.75, 3.05) is 0 Å². The van der Waals surface area contributed by atoms with E-state index in [2.05, 4.69) is 31.9 Å². The Kier molecular flexibility index (Phi) is 4.32. The van der Waals surface area contributed by atoms with E-state index in [0.29, 0.717) is 11.1 Å². The summed E-state index contributed by atoms with van der Waals surface area (Å²) in [6, 6.07) is 14.0. The Morgan fingerprint density at radius 1 is 0.889 bits per heavy atom. The van der Waals surface area contributed by atoms with Crippen molar-refractivity contribution in [2.45, 2.75) is 6.10 Å². The van der Waals surface area contributed by atoms with Crippen molar-refractivity contribution >= 4 is 37.6 Å². The second-order valence-electron chi connectivity index (χ2n) is 3.83. The Balaban J connectivity index is 2.23. The zero-order valence-electron chi connectivity index (χ0n) is 9.31. The number of hydrogen-bond acceptors (Lipinski definition) is 2. The third-order valence-corrected chi connectivity index (χ3v) is 3.62. The van der Waals surface area contributed by atoms with Crippen LogP contribution < -0.4 is 0 Å². The maximum atomic E-state index is 12.1. The fraction of sp³-hybridized carbons (Fsp3) is 0.0714. The van der Waals surface area contributed by atoms with Gasteiger partial charge in [0.05, 0.1) is 0 Å². The molecule has 2 rings (SSSR count). The van der Waals surface area contributed by atoms with E-state index in [0.717, 1.165) is 8.95 Å². The lowest BCUT2D eigenvalue weighted by molar-refractivity contribution is 0.0747. The lowest BCUT2D eigenvalue weighted by atomic mass is 10.0. The number of carbonyl (C=O) groups is 1. The first-order valence-corrected chi connectivity index (χ1v) is 6.90.